The fraction of sp³-hybridized carbons (Fsp3) is 0.238. The summed E-state index contributed by atoms with van der Waals surface area (Å²) in [5.74, 6) is 0.0116. The van der Waals surface area contributed by atoms with Gasteiger partial charge in [0.1, 0.15) is 0 Å². The van der Waals surface area contributed by atoms with Gasteiger partial charge in [-0.1, -0.05) is 30.3 Å². The van der Waals surface area contributed by atoms with Gasteiger partial charge in [0.15, 0.2) is 0 Å². The summed E-state index contributed by atoms with van der Waals surface area (Å²) in [6.07, 6.45) is 6.96. The van der Waals surface area contributed by atoms with E-state index in [0.717, 1.165) is 28.9 Å². The van der Waals surface area contributed by atoms with Gasteiger partial charge in [0.2, 0.25) is 5.91 Å². The van der Waals surface area contributed by atoms with E-state index in [1.54, 1.807) is 6.20 Å². The van der Waals surface area contributed by atoms with Crippen molar-refractivity contribution in [1.29, 1.82) is 0 Å². The Bertz CT molecular complexity index is 884. The van der Waals surface area contributed by atoms with E-state index in [4.69, 9.17) is 0 Å². The lowest BCUT2D eigenvalue weighted by atomic mass is 9.90. The van der Waals surface area contributed by atoms with Gasteiger partial charge in [-0.05, 0) is 60.6 Å². The summed E-state index contributed by atoms with van der Waals surface area (Å²) in [5, 5.41) is 9.91. The number of nitrogens with zero attached hydrogens (tertiary/aromatic N) is 1. The highest BCUT2D eigenvalue weighted by Gasteiger charge is 2.11. The van der Waals surface area contributed by atoms with Crippen molar-refractivity contribution >= 4 is 11.6 Å². The summed E-state index contributed by atoms with van der Waals surface area (Å²) >= 11 is 0. The van der Waals surface area contributed by atoms with Crippen LogP contribution in [-0.4, -0.2) is 16.1 Å². The highest BCUT2D eigenvalue weighted by Crippen LogP contribution is 2.23. The standard InChI is InChI=1S/C21H21N3O/c25-21(13-15-8-9-16-4-1-2-5-17(16)12-15)23-19-7-3-6-18(14-19)20-10-11-22-24-20/h3,6-12,14H,1-2,4-5,13H2,(H,22,24)(H,23,25). The maximum absolute atomic E-state index is 12.4. The van der Waals surface area contributed by atoms with Crippen molar-refractivity contribution in [3.8, 4) is 11.3 Å². The molecule has 0 atom stereocenters. The number of amides is 1. The lowest BCUT2D eigenvalue weighted by molar-refractivity contribution is -0.115. The molecule has 1 aromatic heterocycles. The molecule has 126 valence electrons. The van der Waals surface area contributed by atoms with Crippen LogP contribution in [0.4, 0.5) is 5.69 Å². The molecule has 0 radical (unpaired) electrons. The Morgan fingerprint density at radius 3 is 2.76 bits per heavy atom. The number of hydrogen-bond acceptors (Lipinski definition) is 2. The zero-order valence-electron chi connectivity index (χ0n) is 14.1. The minimum absolute atomic E-state index is 0.0116. The molecule has 0 saturated heterocycles. The highest BCUT2D eigenvalue weighted by atomic mass is 16.1. The molecule has 1 aliphatic rings. The van der Waals surface area contributed by atoms with E-state index >= 15 is 0 Å². The summed E-state index contributed by atoms with van der Waals surface area (Å²) in [4.78, 5) is 12.4. The van der Waals surface area contributed by atoms with Crippen LogP contribution in [0.25, 0.3) is 11.3 Å². The summed E-state index contributed by atoms with van der Waals surface area (Å²) in [7, 11) is 0. The maximum Gasteiger partial charge on any atom is 0.228 e. The van der Waals surface area contributed by atoms with E-state index < -0.39 is 0 Å². The number of carbonyl (C=O) groups excluding carboxylic acids is 1. The summed E-state index contributed by atoms with van der Waals surface area (Å²) < 4.78 is 0. The Kier molecular flexibility index (Phi) is 4.34. The third-order valence-corrected chi connectivity index (χ3v) is 4.74. The maximum atomic E-state index is 12.4. The van der Waals surface area contributed by atoms with Crippen molar-refractivity contribution in [2.24, 2.45) is 0 Å². The molecule has 4 nitrogen and oxygen atoms in total. The quantitative estimate of drug-likeness (QED) is 0.755. The van der Waals surface area contributed by atoms with E-state index in [9.17, 15) is 4.79 Å². The Morgan fingerprint density at radius 2 is 1.92 bits per heavy atom. The minimum Gasteiger partial charge on any atom is -0.326 e. The van der Waals surface area contributed by atoms with Crippen molar-refractivity contribution in [3.63, 3.8) is 0 Å². The van der Waals surface area contributed by atoms with Gasteiger partial charge in [0.25, 0.3) is 0 Å². The summed E-state index contributed by atoms with van der Waals surface area (Å²) in [6, 6.07) is 16.2. The molecule has 0 saturated carbocycles. The average molecular weight is 331 g/mol. The molecular weight excluding hydrogens is 310 g/mol. The SMILES string of the molecule is O=C(Cc1ccc2c(c1)CCCC2)Nc1cccc(-c2ccn[nH]2)c1. The number of aromatic nitrogens is 2. The number of aryl methyl sites for hydroxylation is 2. The van der Waals surface area contributed by atoms with Gasteiger partial charge >= 0.3 is 0 Å². The lowest BCUT2D eigenvalue weighted by Gasteiger charge is -2.16. The lowest BCUT2D eigenvalue weighted by Crippen LogP contribution is -2.15. The third kappa shape index (κ3) is 3.63. The molecular formula is C21H21N3O. The number of anilines is 1. The van der Waals surface area contributed by atoms with Crippen LogP contribution < -0.4 is 5.32 Å². The number of rotatable bonds is 4. The van der Waals surface area contributed by atoms with Crippen molar-refractivity contribution in [2.75, 3.05) is 5.32 Å². The minimum atomic E-state index is 0.0116. The number of carbonyl (C=O) groups is 1. The van der Waals surface area contributed by atoms with Gasteiger partial charge in [-0.25, -0.2) is 0 Å². The van der Waals surface area contributed by atoms with E-state index in [1.807, 2.05) is 30.3 Å². The summed E-state index contributed by atoms with van der Waals surface area (Å²) in [6.45, 7) is 0. The molecule has 1 amide bonds. The van der Waals surface area contributed by atoms with Crippen LogP contribution in [0.15, 0.2) is 54.7 Å². The zero-order valence-corrected chi connectivity index (χ0v) is 14.1. The van der Waals surface area contributed by atoms with Crippen molar-refractivity contribution in [3.05, 3.63) is 71.4 Å². The molecule has 2 aromatic carbocycles. The van der Waals surface area contributed by atoms with E-state index in [0.29, 0.717) is 6.42 Å². The molecule has 0 spiro atoms. The number of hydrogen-bond donors (Lipinski definition) is 2. The first-order chi connectivity index (χ1) is 12.3. The van der Waals surface area contributed by atoms with Gasteiger partial charge in [-0.15, -0.1) is 0 Å². The van der Waals surface area contributed by atoms with Crippen LogP contribution >= 0.6 is 0 Å². The first kappa shape index (κ1) is 15.6. The fourth-order valence-corrected chi connectivity index (χ4v) is 3.47. The van der Waals surface area contributed by atoms with Gasteiger partial charge < -0.3 is 5.32 Å². The van der Waals surface area contributed by atoms with Crippen LogP contribution in [-0.2, 0) is 24.1 Å². The smallest absolute Gasteiger partial charge is 0.228 e. The second kappa shape index (κ2) is 6.93. The van der Waals surface area contributed by atoms with Gasteiger partial charge in [0.05, 0.1) is 12.1 Å². The van der Waals surface area contributed by atoms with Crippen LogP contribution in [0.3, 0.4) is 0 Å². The zero-order chi connectivity index (χ0) is 17.1. The number of fused-ring (bicyclic) bond motifs is 1. The van der Waals surface area contributed by atoms with Crippen LogP contribution in [0.1, 0.15) is 29.5 Å². The van der Waals surface area contributed by atoms with Gasteiger partial charge in [-0.2, -0.15) is 5.10 Å². The molecule has 0 bridgehead atoms. The molecule has 2 N–H and O–H groups in total. The Labute approximate surface area is 147 Å². The van der Waals surface area contributed by atoms with Crippen molar-refractivity contribution in [2.45, 2.75) is 32.1 Å². The molecule has 1 aliphatic carbocycles. The molecule has 1 heterocycles. The Morgan fingerprint density at radius 1 is 1.04 bits per heavy atom. The number of aromatic amines is 1. The van der Waals surface area contributed by atoms with E-state index in [1.165, 1.54) is 30.4 Å². The predicted molar refractivity (Wildman–Crippen MR) is 99.4 cm³/mol. The second-order valence-electron chi connectivity index (χ2n) is 6.59. The third-order valence-electron chi connectivity index (χ3n) is 4.74. The first-order valence-electron chi connectivity index (χ1n) is 8.78. The Hall–Kier alpha value is -2.88. The second-order valence-corrected chi connectivity index (χ2v) is 6.59. The van der Waals surface area contributed by atoms with Crippen LogP contribution in [0, 0.1) is 0 Å². The van der Waals surface area contributed by atoms with Gasteiger partial charge in [0, 0.05) is 17.4 Å². The topological polar surface area (TPSA) is 57.8 Å². The Balaban J connectivity index is 1.45. The molecule has 0 unspecified atom stereocenters. The average Bonchev–Trinajstić information content (AvgIpc) is 3.16. The molecule has 25 heavy (non-hydrogen) atoms. The number of H-pyrrole nitrogens is 1. The van der Waals surface area contributed by atoms with Crippen molar-refractivity contribution < 1.29 is 4.79 Å². The van der Waals surface area contributed by atoms with Crippen LogP contribution in [0.5, 0.6) is 0 Å². The molecule has 0 aliphatic heterocycles. The number of benzene rings is 2. The predicted octanol–water partition coefficient (Wildman–Crippen LogP) is 4.14. The summed E-state index contributed by atoms with van der Waals surface area (Å²) in [5.41, 5.74) is 6.69. The van der Waals surface area contributed by atoms with Gasteiger partial charge in [-0.3, -0.25) is 9.89 Å². The molecule has 4 rings (SSSR count). The fourth-order valence-electron chi connectivity index (χ4n) is 3.47. The van der Waals surface area contributed by atoms with Crippen molar-refractivity contribution in [1.82, 2.24) is 10.2 Å². The molecule has 0 fully saturated rings. The monoisotopic (exact) mass is 331 g/mol. The highest BCUT2D eigenvalue weighted by molar-refractivity contribution is 5.92. The molecule has 3 aromatic rings. The van der Waals surface area contributed by atoms with E-state index in [2.05, 4.69) is 33.7 Å². The normalized spacial score (nSPS) is 13.3. The van der Waals surface area contributed by atoms with Crippen LogP contribution in [0.2, 0.25) is 0 Å². The first-order valence-corrected chi connectivity index (χ1v) is 8.78. The van der Waals surface area contributed by atoms with E-state index in [-0.39, 0.29) is 5.91 Å². The largest absolute Gasteiger partial charge is 0.326 e. The molecule has 4 heteroatoms. The number of nitrogens with one attached hydrogen (secondary N) is 2.